The van der Waals surface area contributed by atoms with Gasteiger partial charge in [0.05, 0.1) is 6.61 Å². The highest BCUT2D eigenvalue weighted by Gasteiger charge is 2.48. The van der Waals surface area contributed by atoms with E-state index in [1.54, 1.807) is 0 Å². The van der Waals surface area contributed by atoms with Crippen LogP contribution in [0.3, 0.4) is 0 Å². The minimum atomic E-state index is -1.50. The van der Waals surface area contributed by atoms with Gasteiger partial charge in [0.1, 0.15) is 31.0 Å². The topological polar surface area (TPSA) is 141 Å². The standard InChI is InChI=1S/C45H81N3O7/c1-3-5-7-9-11-13-15-16-17-18-19-20-21-23-25-30-34-46-44(52)48(35-31-26-24-22-14-12-10-8-6-4-2)43-40(42(51)41(50)39(36-49)55-43)47-45(53)54-37-38-32-28-27-29-33-38/h27-29,32-33,39-43,49-51H,3-26,30-31,34-37H2,1-2H3,(H,46,52)(H,47,53)/t39-,40+,41-,42-,43-/m1/s1. The van der Waals surface area contributed by atoms with E-state index in [0.29, 0.717) is 13.1 Å². The predicted molar refractivity (Wildman–Crippen MR) is 223 cm³/mol. The summed E-state index contributed by atoms with van der Waals surface area (Å²) in [5, 5.41) is 37.6. The molecule has 1 aliphatic rings. The zero-order valence-electron chi connectivity index (χ0n) is 34.9. The average Bonchev–Trinajstić information content (AvgIpc) is 3.20. The first kappa shape index (κ1) is 48.7. The maximum Gasteiger partial charge on any atom is 0.407 e. The lowest BCUT2D eigenvalue weighted by Crippen LogP contribution is -2.69. The van der Waals surface area contributed by atoms with E-state index in [1.165, 1.54) is 127 Å². The molecule has 0 spiro atoms. The fourth-order valence-electron chi connectivity index (χ4n) is 7.51. The number of carbonyl (C=O) groups excluding carboxylic acids is 2. The number of hydrogen-bond acceptors (Lipinski definition) is 7. The first-order valence-electron chi connectivity index (χ1n) is 22.6. The van der Waals surface area contributed by atoms with Crippen LogP contribution in [0.5, 0.6) is 0 Å². The Balaban J connectivity index is 1.86. The monoisotopic (exact) mass is 776 g/mol. The molecular formula is C45H81N3O7. The van der Waals surface area contributed by atoms with Gasteiger partial charge in [-0.3, -0.25) is 4.90 Å². The fraction of sp³-hybridized carbons (Fsp3) is 0.822. The molecule has 55 heavy (non-hydrogen) atoms. The van der Waals surface area contributed by atoms with Gasteiger partial charge in [-0.1, -0.05) is 198 Å². The Bertz CT molecular complexity index is 1060. The first-order chi connectivity index (χ1) is 26.9. The third-order valence-electron chi connectivity index (χ3n) is 11.0. The number of aliphatic hydroxyl groups is 3. The number of hydrogen-bond donors (Lipinski definition) is 5. The highest BCUT2D eigenvalue weighted by molar-refractivity contribution is 5.75. The van der Waals surface area contributed by atoms with Crippen LogP contribution in [0.1, 0.15) is 186 Å². The SMILES string of the molecule is CCCCCCCCCCCCCCCCCCNC(=O)N(CCCCCCCCCCCC)[C@@H]1O[C@H](CO)[C@@H](O)[C@H](O)[C@@H]1NC(=O)OCc1ccccc1. The van der Waals surface area contributed by atoms with Gasteiger partial charge in [0, 0.05) is 13.1 Å². The number of benzene rings is 1. The molecule has 1 aromatic rings. The summed E-state index contributed by atoms with van der Waals surface area (Å²) in [5.74, 6) is 0. The second kappa shape index (κ2) is 32.7. The van der Waals surface area contributed by atoms with Crippen molar-refractivity contribution in [3.63, 3.8) is 0 Å². The van der Waals surface area contributed by atoms with Crippen LogP contribution in [0.4, 0.5) is 9.59 Å². The molecule has 5 N–H and O–H groups in total. The predicted octanol–water partition coefficient (Wildman–Crippen LogP) is 9.91. The van der Waals surface area contributed by atoms with Crippen molar-refractivity contribution < 1.29 is 34.4 Å². The van der Waals surface area contributed by atoms with E-state index in [1.807, 2.05) is 30.3 Å². The van der Waals surface area contributed by atoms with Crippen LogP contribution in [0.2, 0.25) is 0 Å². The lowest BCUT2D eigenvalue weighted by atomic mass is 9.95. The number of nitrogens with one attached hydrogen (secondary N) is 2. The van der Waals surface area contributed by atoms with Crippen LogP contribution in [-0.2, 0) is 16.1 Å². The Hall–Kier alpha value is -2.40. The minimum absolute atomic E-state index is 0.0188. The van der Waals surface area contributed by atoms with Gasteiger partial charge in [-0.25, -0.2) is 9.59 Å². The smallest absolute Gasteiger partial charge is 0.407 e. The average molecular weight is 776 g/mol. The molecule has 1 saturated heterocycles. The summed E-state index contributed by atoms with van der Waals surface area (Å²) in [6.45, 7) is 4.81. The number of carbonyl (C=O) groups is 2. The summed E-state index contributed by atoms with van der Waals surface area (Å²) < 4.78 is 11.5. The Labute approximate surface area is 334 Å². The Morgan fingerprint density at radius 3 is 1.58 bits per heavy atom. The number of alkyl carbamates (subject to hydrolysis) is 1. The Morgan fingerprint density at radius 1 is 0.655 bits per heavy atom. The van der Waals surface area contributed by atoms with Crippen molar-refractivity contribution in [2.45, 2.75) is 218 Å². The van der Waals surface area contributed by atoms with Gasteiger partial charge in [0.15, 0.2) is 6.23 Å². The van der Waals surface area contributed by atoms with Crippen LogP contribution in [0.25, 0.3) is 0 Å². The normalized spacial score (nSPS) is 19.6. The maximum absolute atomic E-state index is 13.8. The molecule has 1 fully saturated rings. The largest absolute Gasteiger partial charge is 0.445 e. The highest BCUT2D eigenvalue weighted by atomic mass is 16.6. The second-order valence-electron chi connectivity index (χ2n) is 15.9. The van der Waals surface area contributed by atoms with Crippen molar-refractivity contribution in [2.75, 3.05) is 19.7 Å². The number of nitrogens with zero attached hydrogens (tertiary/aromatic N) is 1. The van der Waals surface area contributed by atoms with Gasteiger partial charge in [0.2, 0.25) is 0 Å². The third kappa shape index (κ3) is 22.2. The van der Waals surface area contributed by atoms with Crippen LogP contribution in [-0.4, -0.2) is 82.6 Å². The molecule has 1 aromatic carbocycles. The zero-order chi connectivity index (χ0) is 39.8. The van der Waals surface area contributed by atoms with Crippen LogP contribution in [0, 0.1) is 0 Å². The molecule has 0 aliphatic carbocycles. The summed E-state index contributed by atoms with van der Waals surface area (Å²) in [6.07, 6.45) is 25.9. The third-order valence-corrected chi connectivity index (χ3v) is 11.0. The molecule has 0 bridgehead atoms. The summed E-state index contributed by atoms with van der Waals surface area (Å²) in [6, 6.07) is 7.71. The molecule has 10 nitrogen and oxygen atoms in total. The maximum atomic E-state index is 13.8. The van der Waals surface area contributed by atoms with Gasteiger partial charge < -0.3 is 35.4 Å². The molecule has 1 heterocycles. The number of rotatable bonds is 33. The van der Waals surface area contributed by atoms with Crippen molar-refractivity contribution in [2.24, 2.45) is 0 Å². The fourth-order valence-corrected chi connectivity index (χ4v) is 7.51. The minimum Gasteiger partial charge on any atom is -0.445 e. The number of unbranched alkanes of at least 4 members (excludes halogenated alkanes) is 24. The number of ether oxygens (including phenoxy) is 2. The van der Waals surface area contributed by atoms with Gasteiger partial charge in [-0.2, -0.15) is 0 Å². The van der Waals surface area contributed by atoms with Crippen LogP contribution < -0.4 is 10.6 Å². The summed E-state index contributed by atoms with van der Waals surface area (Å²) >= 11 is 0. The quantitative estimate of drug-likeness (QED) is 0.0448. The molecule has 5 atom stereocenters. The van der Waals surface area contributed by atoms with E-state index >= 15 is 0 Å². The molecule has 0 radical (unpaired) electrons. The Kier molecular flexibility index (Phi) is 28.9. The molecule has 0 unspecified atom stereocenters. The van der Waals surface area contributed by atoms with E-state index in [2.05, 4.69) is 24.5 Å². The van der Waals surface area contributed by atoms with Crippen molar-refractivity contribution in [3.8, 4) is 0 Å². The number of urea groups is 1. The molecular weight excluding hydrogens is 695 g/mol. The van der Waals surface area contributed by atoms with Crippen LogP contribution >= 0.6 is 0 Å². The number of amides is 3. The molecule has 318 valence electrons. The summed E-state index contributed by atoms with van der Waals surface area (Å²) in [7, 11) is 0. The van der Waals surface area contributed by atoms with Crippen molar-refractivity contribution in [1.29, 1.82) is 0 Å². The van der Waals surface area contributed by atoms with Gasteiger partial charge in [-0.15, -0.1) is 0 Å². The lowest BCUT2D eigenvalue weighted by molar-refractivity contribution is -0.222. The highest BCUT2D eigenvalue weighted by Crippen LogP contribution is 2.25. The second-order valence-corrected chi connectivity index (χ2v) is 15.9. The Morgan fingerprint density at radius 2 is 1.11 bits per heavy atom. The molecule has 3 amide bonds. The van der Waals surface area contributed by atoms with Gasteiger partial charge in [-0.05, 0) is 18.4 Å². The van der Waals surface area contributed by atoms with E-state index < -0.39 is 43.3 Å². The van der Waals surface area contributed by atoms with Crippen molar-refractivity contribution >= 4 is 12.1 Å². The van der Waals surface area contributed by atoms with E-state index in [9.17, 15) is 24.9 Å². The van der Waals surface area contributed by atoms with E-state index in [-0.39, 0.29) is 12.6 Å². The zero-order valence-corrected chi connectivity index (χ0v) is 34.9. The molecule has 10 heteroatoms. The molecule has 1 aliphatic heterocycles. The summed E-state index contributed by atoms with van der Waals surface area (Å²) in [4.78, 5) is 28.3. The lowest BCUT2D eigenvalue weighted by Gasteiger charge is -2.46. The van der Waals surface area contributed by atoms with E-state index in [4.69, 9.17) is 9.47 Å². The van der Waals surface area contributed by atoms with E-state index in [0.717, 1.165) is 50.5 Å². The van der Waals surface area contributed by atoms with Gasteiger partial charge >= 0.3 is 12.1 Å². The summed E-state index contributed by atoms with van der Waals surface area (Å²) in [5.41, 5.74) is 0.797. The van der Waals surface area contributed by atoms with Gasteiger partial charge in [0.25, 0.3) is 0 Å². The molecule has 0 aromatic heterocycles. The van der Waals surface area contributed by atoms with Crippen LogP contribution in [0.15, 0.2) is 30.3 Å². The van der Waals surface area contributed by atoms with Crippen molar-refractivity contribution in [3.05, 3.63) is 35.9 Å². The number of aliphatic hydroxyl groups excluding tert-OH is 3. The van der Waals surface area contributed by atoms with Crippen molar-refractivity contribution in [1.82, 2.24) is 15.5 Å². The first-order valence-corrected chi connectivity index (χ1v) is 22.6. The molecule has 0 saturated carbocycles. The molecule has 2 rings (SSSR count).